The monoisotopic (exact) mass is 300 g/mol. The number of pyridine rings is 1. The van der Waals surface area contributed by atoms with E-state index in [9.17, 15) is 0 Å². The number of benzene rings is 1. The number of nitrogens with one attached hydrogen (secondary N) is 1. The molecule has 0 saturated heterocycles. The van der Waals surface area contributed by atoms with E-state index in [1.165, 1.54) is 0 Å². The molecule has 0 saturated carbocycles. The summed E-state index contributed by atoms with van der Waals surface area (Å²) in [5, 5.41) is 9.60. The number of aryl methyl sites for hydroxylation is 2. The smallest absolute Gasteiger partial charge is 0.0853 e. The summed E-state index contributed by atoms with van der Waals surface area (Å²) in [6.07, 6.45) is 4.71. The Labute approximate surface area is 128 Å². The topological polar surface area (TPSA) is 42.7 Å². The zero-order chi connectivity index (χ0) is 14.8. The molecule has 21 heavy (non-hydrogen) atoms. The van der Waals surface area contributed by atoms with Gasteiger partial charge in [-0.1, -0.05) is 24.6 Å². The molecule has 3 rings (SSSR count). The van der Waals surface area contributed by atoms with E-state index in [1.54, 1.807) is 6.20 Å². The second-order valence-electron chi connectivity index (χ2n) is 4.98. The third kappa shape index (κ3) is 2.72. The molecule has 1 N–H and O–H groups in total. The van der Waals surface area contributed by atoms with Crippen LogP contribution in [0, 0.1) is 0 Å². The Hall–Kier alpha value is -2.07. The second-order valence-corrected chi connectivity index (χ2v) is 5.38. The lowest BCUT2D eigenvalue weighted by molar-refractivity contribution is 0.746. The molecule has 4 nitrogen and oxygen atoms in total. The third-order valence-electron chi connectivity index (χ3n) is 3.51. The summed E-state index contributed by atoms with van der Waals surface area (Å²) in [4.78, 5) is 4.46. The Kier molecular flexibility index (Phi) is 3.80. The molecule has 0 amide bonds. The van der Waals surface area contributed by atoms with Gasteiger partial charge in [0.05, 0.1) is 16.9 Å². The highest BCUT2D eigenvalue weighted by atomic mass is 35.5. The van der Waals surface area contributed by atoms with Crippen LogP contribution < -0.4 is 5.32 Å². The Balaban J connectivity index is 1.90. The van der Waals surface area contributed by atoms with E-state index in [2.05, 4.69) is 22.3 Å². The van der Waals surface area contributed by atoms with E-state index >= 15 is 0 Å². The van der Waals surface area contributed by atoms with Crippen LogP contribution in [0.15, 0.2) is 36.7 Å². The first kappa shape index (κ1) is 13.9. The van der Waals surface area contributed by atoms with Crippen LogP contribution in [0.2, 0.25) is 5.02 Å². The lowest BCUT2D eigenvalue weighted by atomic mass is 10.1. The summed E-state index contributed by atoms with van der Waals surface area (Å²) in [6.45, 7) is 2.80. The SMILES string of the molecule is CCc1nn(C)cc1NCc1ccc(Cl)c2cccnc12. The standard InChI is InChI=1S/C16H17ClN4/c1-3-14-15(10-21(2)20-14)19-9-11-6-7-13(17)12-5-4-8-18-16(11)12/h4-8,10,19H,3,9H2,1-2H3. The highest BCUT2D eigenvalue weighted by molar-refractivity contribution is 6.35. The zero-order valence-corrected chi connectivity index (χ0v) is 12.9. The number of aromatic nitrogens is 3. The molecule has 0 aliphatic carbocycles. The van der Waals surface area contributed by atoms with Crippen molar-refractivity contribution in [1.29, 1.82) is 0 Å². The number of rotatable bonds is 4. The lowest BCUT2D eigenvalue weighted by Crippen LogP contribution is -2.02. The van der Waals surface area contributed by atoms with Gasteiger partial charge in [0.2, 0.25) is 0 Å². The van der Waals surface area contributed by atoms with Crippen molar-refractivity contribution in [1.82, 2.24) is 14.8 Å². The van der Waals surface area contributed by atoms with Crippen LogP contribution in [-0.4, -0.2) is 14.8 Å². The molecular formula is C16H17ClN4. The summed E-state index contributed by atoms with van der Waals surface area (Å²) in [6, 6.07) is 7.84. The molecule has 0 atom stereocenters. The molecule has 0 aliphatic rings. The normalized spacial score (nSPS) is 11.0. The summed E-state index contributed by atoms with van der Waals surface area (Å²) in [5.74, 6) is 0. The maximum Gasteiger partial charge on any atom is 0.0853 e. The van der Waals surface area contributed by atoms with Gasteiger partial charge in [-0.05, 0) is 30.2 Å². The Morgan fingerprint density at radius 2 is 2.14 bits per heavy atom. The maximum atomic E-state index is 6.22. The van der Waals surface area contributed by atoms with E-state index in [0.29, 0.717) is 6.54 Å². The fourth-order valence-corrected chi connectivity index (χ4v) is 2.69. The highest BCUT2D eigenvalue weighted by Gasteiger charge is 2.08. The van der Waals surface area contributed by atoms with Crippen molar-refractivity contribution in [2.75, 3.05) is 5.32 Å². The predicted molar refractivity (Wildman–Crippen MR) is 86.7 cm³/mol. The van der Waals surface area contributed by atoms with E-state index < -0.39 is 0 Å². The number of nitrogens with zero attached hydrogens (tertiary/aromatic N) is 3. The minimum Gasteiger partial charge on any atom is -0.378 e. The molecule has 2 aromatic heterocycles. The lowest BCUT2D eigenvalue weighted by Gasteiger charge is -2.09. The van der Waals surface area contributed by atoms with Crippen molar-refractivity contribution >= 4 is 28.2 Å². The Bertz CT molecular complexity index is 779. The average molecular weight is 301 g/mol. The molecular weight excluding hydrogens is 284 g/mol. The van der Waals surface area contributed by atoms with Gasteiger partial charge in [0.25, 0.3) is 0 Å². The first-order valence-electron chi connectivity index (χ1n) is 6.97. The molecule has 5 heteroatoms. The molecule has 0 radical (unpaired) electrons. The van der Waals surface area contributed by atoms with Gasteiger partial charge in [-0.2, -0.15) is 5.10 Å². The van der Waals surface area contributed by atoms with E-state index in [1.807, 2.05) is 42.2 Å². The van der Waals surface area contributed by atoms with Crippen LogP contribution in [0.5, 0.6) is 0 Å². The third-order valence-corrected chi connectivity index (χ3v) is 3.84. The fourth-order valence-electron chi connectivity index (χ4n) is 2.47. The quantitative estimate of drug-likeness (QED) is 0.797. The zero-order valence-electron chi connectivity index (χ0n) is 12.1. The van der Waals surface area contributed by atoms with Crippen molar-refractivity contribution < 1.29 is 0 Å². The number of fused-ring (bicyclic) bond motifs is 1. The summed E-state index contributed by atoms with van der Waals surface area (Å²) >= 11 is 6.22. The largest absolute Gasteiger partial charge is 0.378 e. The Morgan fingerprint density at radius 1 is 1.29 bits per heavy atom. The molecule has 108 valence electrons. The molecule has 1 aromatic carbocycles. The van der Waals surface area contributed by atoms with Gasteiger partial charge in [-0.3, -0.25) is 9.67 Å². The van der Waals surface area contributed by atoms with Crippen molar-refractivity contribution in [2.24, 2.45) is 7.05 Å². The van der Waals surface area contributed by atoms with E-state index in [4.69, 9.17) is 11.6 Å². The molecule has 0 fully saturated rings. The van der Waals surface area contributed by atoms with Crippen molar-refractivity contribution in [3.63, 3.8) is 0 Å². The van der Waals surface area contributed by atoms with Gasteiger partial charge in [-0.15, -0.1) is 0 Å². The number of halogens is 1. The van der Waals surface area contributed by atoms with Crippen LogP contribution in [0.4, 0.5) is 5.69 Å². The van der Waals surface area contributed by atoms with Crippen molar-refractivity contribution in [3.8, 4) is 0 Å². The molecule has 3 aromatic rings. The average Bonchev–Trinajstić information content (AvgIpc) is 2.87. The summed E-state index contributed by atoms with van der Waals surface area (Å²) in [5.41, 5.74) is 4.21. The molecule has 0 spiro atoms. The Morgan fingerprint density at radius 3 is 2.95 bits per heavy atom. The van der Waals surface area contributed by atoms with Gasteiger partial charge >= 0.3 is 0 Å². The second kappa shape index (κ2) is 5.74. The van der Waals surface area contributed by atoms with Crippen LogP contribution in [0.3, 0.4) is 0 Å². The highest BCUT2D eigenvalue weighted by Crippen LogP contribution is 2.25. The minimum atomic E-state index is 0.698. The van der Waals surface area contributed by atoms with Crippen LogP contribution in [0.25, 0.3) is 10.9 Å². The van der Waals surface area contributed by atoms with Crippen LogP contribution >= 0.6 is 11.6 Å². The first-order chi connectivity index (χ1) is 10.2. The number of hydrogen-bond acceptors (Lipinski definition) is 3. The maximum absolute atomic E-state index is 6.22. The fraction of sp³-hybridized carbons (Fsp3) is 0.250. The van der Waals surface area contributed by atoms with Gasteiger partial charge in [0.15, 0.2) is 0 Å². The first-order valence-corrected chi connectivity index (χ1v) is 7.35. The number of anilines is 1. The molecule has 0 bridgehead atoms. The van der Waals surface area contributed by atoms with Crippen molar-refractivity contribution in [2.45, 2.75) is 19.9 Å². The van der Waals surface area contributed by atoms with Crippen molar-refractivity contribution in [3.05, 3.63) is 52.9 Å². The minimum absolute atomic E-state index is 0.698. The van der Waals surface area contributed by atoms with E-state index in [0.717, 1.165) is 39.3 Å². The van der Waals surface area contributed by atoms with Crippen LogP contribution in [-0.2, 0) is 20.0 Å². The van der Waals surface area contributed by atoms with Gasteiger partial charge in [0.1, 0.15) is 0 Å². The summed E-state index contributed by atoms with van der Waals surface area (Å²) in [7, 11) is 1.93. The van der Waals surface area contributed by atoms with Gasteiger partial charge < -0.3 is 5.32 Å². The van der Waals surface area contributed by atoms with Gasteiger partial charge in [-0.25, -0.2) is 0 Å². The van der Waals surface area contributed by atoms with Crippen LogP contribution in [0.1, 0.15) is 18.2 Å². The summed E-state index contributed by atoms with van der Waals surface area (Å²) < 4.78 is 1.83. The number of hydrogen-bond donors (Lipinski definition) is 1. The predicted octanol–water partition coefficient (Wildman–Crippen LogP) is 3.80. The molecule has 0 unspecified atom stereocenters. The van der Waals surface area contributed by atoms with Gasteiger partial charge in [0, 0.05) is 36.4 Å². The molecule has 2 heterocycles. The molecule has 0 aliphatic heterocycles. The van der Waals surface area contributed by atoms with E-state index in [-0.39, 0.29) is 0 Å².